The topological polar surface area (TPSA) is 45.2 Å². The first-order chi connectivity index (χ1) is 9.11. The molecule has 2 atom stereocenters. The van der Waals surface area contributed by atoms with Gasteiger partial charge in [0.1, 0.15) is 5.82 Å². The lowest BCUT2D eigenvalue weighted by atomic mass is 9.86. The molecule has 2 rings (SSSR count). The Morgan fingerprint density at radius 3 is 2.79 bits per heavy atom. The number of hydrogen-bond donors (Lipinski definition) is 1. The normalized spacial score (nSPS) is 22.9. The molecule has 0 saturated heterocycles. The number of pyridine rings is 1. The molecule has 0 radical (unpaired) electrons. The van der Waals surface area contributed by atoms with Crippen LogP contribution in [0.2, 0.25) is 0 Å². The van der Waals surface area contributed by atoms with Crippen molar-refractivity contribution in [3.8, 4) is 0 Å². The molecule has 1 heterocycles. The van der Waals surface area contributed by atoms with Gasteiger partial charge in [-0.05, 0) is 30.9 Å². The van der Waals surface area contributed by atoms with Crippen molar-refractivity contribution in [1.29, 1.82) is 0 Å². The zero-order valence-corrected chi connectivity index (χ0v) is 12.0. The van der Waals surface area contributed by atoms with Crippen LogP contribution in [-0.4, -0.2) is 35.9 Å². The maximum Gasteiger partial charge on any atom is 0.255 e. The van der Waals surface area contributed by atoms with Crippen LogP contribution in [0.25, 0.3) is 0 Å². The van der Waals surface area contributed by atoms with Crippen molar-refractivity contribution in [3.05, 3.63) is 23.9 Å². The molecule has 0 bridgehead atoms. The van der Waals surface area contributed by atoms with Crippen LogP contribution in [0.5, 0.6) is 0 Å². The molecule has 1 aliphatic carbocycles. The minimum absolute atomic E-state index is 0.0780. The highest BCUT2D eigenvalue weighted by molar-refractivity contribution is 5.94. The van der Waals surface area contributed by atoms with Gasteiger partial charge in [-0.15, -0.1) is 0 Å². The van der Waals surface area contributed by atoms with Crippen LogP contribution in [-0.2, 0) is 0 Å². The second kappa shape index (κ2) is 6.04. The smallest absolute Gasteiger partial charge is 0.255 e. The van der Waals surface area contributed by atoms with Gasteiger partial charge in [0.2, 0.25) is 0 Å². The molecule has 1 amide bonds. The van der Waals surface area contributed by atoms with E-state index in [2.05, 4.69) is 17.2 Å². The fraction of sp³-hybridized carbons (Fsp3) is 0.600. The van der Waals surface area contributed by atoms with Gasteiger partial charge in [-0.3, -0.25) is 4.79 Å². The van der Waals surface area contributed by atoms with E-state index in [0.717, 1.165) is 24.6 Å². The fourth-order valence-electron chi connectivity index (χ4n) is 2.79. The maximum absolute atomic E-state index is 12.4. The van der Waals surface area contributed by atoms with Crippen molar-refractivity contribution >= 4 is 11.7 Å². The number of aromatic nitrogens is 1. The van der Waals surface area contributed by atoms with E-state index in [0.29, 0.717) is 11.6 Å². The van der Waals surface area contributed by atoms with E-state index in [9.17, 15) is 4.79 Å². The molecule has 1 fully saturated rings. The standard InChI is InChI=1S/C15H23N3O/c1-11-5-4-6-13(9-11)18(3)15(19)12-7-8-14(16-2)17-10-12/h7-8,10-11,13H,4-6,9H2,1-3H3,(H,16,17). The summed E-state index contributed by atoms with van der Waals surface area (Å²) in [5, 5.41) is 2.96. The van der Waals surface area contributed by atoms with Crippen LogP contribution in [0, 0.1) is 5.92 Å². The quantitative estimate of drug-likeness (QED) is 0.910. The van der Waals surface area contributed by atoms with Gasteiger partial charge in [-0.25, -0.2) is 4.98 Å². The number of carbonyl (C=O) groups is 1. The Morgan fingerprint density at radius 1 is 1.42 bits per heavy atom. The predicted octanol–water partition coefficient (Wildman–Crippen LogP) is 2.77. The number of nitrogens with zero attached hydrogens (tertiary/aromatic N) is 2. The van der Waals surface area contributed by atoms with E-state index in [1.165, 1.54) is 12.8 Å². The summed E-state index contributed by atoms with van der Waals surface area (Å²) in [6.45, 7) is 2.27. The van der Waals surface area contributed by atoms with Gasteiger partial charge in [0.15, 0.2) is 0 Å². The Labute approximate surface area is 115 Å². The monoisotopic (exact) mass is 261 g/mol. The summed E-state index contributed by atoms with van der Waals surface area (Å²) >= 11 is 0. The molecule has 1 aromatic heterocycles. The lowest BCUT2D eigenvalue weighted by Gasteiger charge is -2.34. The summed E-state index contributed by atoms with van der Waals surface area (Å²) in [5.74, 6) is 1.58. The maximum atomic E-state index is 12.4. The Balaban J connectivity index is 2.05. The molecule has 104 valence electrons. The number of rotatable bonds is 3. The number of anilines is 1. The van der Waals surface area contributed by atoms with E-state index in [4.69, 9.17) is 0 Å². The SMILES string of the molecule is CNc1ccc(C(=O)N(C)C2CCCC(C)C2)cn1. The number of carbonyl (C=O) groups excluding carboxylic acids is 1. The van der Waals surface area contributed by atoms with Crippen molar-refractivity contribution in [2.75, 3.05) is 19.4 Å². The van der Waals surface area contributed by atoms with E-state index >= 15 is 0 Å². The summed E-state index contributed by atoms with van der Waals surface area (Å²) in [6, 6.07) is 4.05. The van der Waals surface area contributed by atoms with E-state index in [1.54, 1.807) is 6.20 Å². The van der Waals surface area contributed by atoms with Crippen molar-refractivity contribution in [3.63, 3.8) is 0 Å². The number of nitrogens with one attached hydrogen (secondary N) is 1. The van der Waals surface area contributed by atoms with Gasteiger partial charge >= 0.3 is 0 Å². The molecule has 19 heavy (non-hydrogen) atoms. The Hall–Kier alpha value is -1.58. The summed E-state index contributed by atoms with van der Waals surface area (Å²) in [7, 11) is 3.73. The molecule has 1 aromatic rings. The highest BCUT2D eigenvalue weighted by atomic mass is 16.2. The van der Waals surface area contributed by atoms with Gasteiger partial charge in [-0.2, -0.15) is 0 Å². The Kier molecular flexibility index (Phi) is 4.40. The number of hydrogen-bond acceptors (Lipinski definition) is 3. The summed E-state index contributed by atoms with van der Waals surface area (Å²) in [6.07, 6.45) is 6.40. The molecule has 1 aliphatic rings. The summed E-state index contributed by atoms with van der Waals surface area (Å²) < 4.78 is 0. The molecule has 0 aromatic carbocycles. The number of amides is 1. The van der Waals surface area contributed by atoms with E-state index in [-0.39, 0.29) is 5.91 Å². The van der Waals surface area contributed by atoms with Gasteiger partial charge in [-0.1, -0.05) is 19.8 Å². The average molecular weight is 261 g/mol. The third-order valence-electron chi connectivity index (χ3n) is 4.04. The first kappa shape index (κ1) is 13.8. The third-order valence-corrected chi connectivity index (χ3v) is 4.04. The van der Waals surface area contributed by atoms with Crippen LogP contribution >= 0.6 is 0 Å². The fourth-order valence-corrected chi connectivity index (χ4v) is 2.79. The highest BCUT2D eigenvalue weighted by Crippen LogP contribution is 2.27. The molecule has 0 spiro atoms. The van der Waals surface area contributed by atoms with Gasteiger partial charge < -0.3 is 10.2 Å². The third kappa shape index (κ3) is 3.25. The second-order valence-corrected chi connectivity index (χ2v) is 5.52. The van der Waals surface area contributed by atoms with E-state index < -0.39 is 0 Å². The predicted molar refractivity (Wildman–Crippen MR) is 77.3 cm³/mol. The molecular weight excluding hydrogens is 238 g/mol. The van der Waals surface area contributed by atoms with Gasteiger partial charge in [0.05, 0.1) is 5.56 Å². The van der Waals surface area contributed by atoms with Crippen molar-refractivity contribution in [2.45, 2.75) is 38.6 Å². The first-order valence-electron chi connectivity index (χ1n) is 7.02. The van der Waals surface area contributed by atoms with Crippen LogP contribution in [0.1, 0.15) is 43.0 Å². The van der Waals surface area contributed by atoms with E-state index in [1.807, 2.05) is 31.1 Å². The zero-order chi connectivity index (χ0) is 13.8. The molecule has 0 aliphatic heterocycles. The lowest BCUT2D eigenvalue weighted by Crippen LogP contribution is -2.39. The van der Waals surface area contributed by atoms with Crippen molar-refractivity contribution < 1.29 is 4.79 Å². The Morgan fingerprint density at radius 2 is 2.21 bits per heavy atom. The Bertz CT molecular complexity index is 430. The van der Waals surface area contributed by atoms with Gasteiger partial charge in [0, 0.05) is 26.3 Å². The average Bonchev–Trinajstić information content (AvgIpc) is 2.46. The highest BCUT2D eigenvalue weighted by Gasteiger charge is 2.26. The molecule has 4 nitrogen and oxygen atoms in total. The minimum Gasteiger partial charge on any atom is -0.373 e. The molecule has 1 saturated carbocycles. The van der Waals surface area contributed by atoms with Crippen molar-refractivity contribution in [1.82, 2.24) is 9.88 Å². The van der Waals surface area contributed by atoms with Crippen LogP contribution in [0.3, 0.4) is 0 Å². The first-order valence-corrected chi connectivity index (χ1v) is 7.02. The largest absolute Gasteiger partial charge is 0.373 e. The molecular formula is C15H23N3O. The van der Waals surface area contributed by atoms with Crippen LogP contribution < -0.4 is 5.32 Å². The molecule has 4 heteroatoms. The second-order valence-electron chi connectivity index (χ2n) is 5.52. The van der Waals surface area contributed by atoms with Crippen LogP contribution in [0.15, 0.2) is 18.3 Å². The summed E-state index contributed by atoms with van der Waals surface area (Å²) in [4.78, 5) is 18.5. The molecule has 1 N–H and O–H groups in total. The molecule has 2 unspecified atom stereocenters. The zero-order valence-electron chi connectivity index (χ0n) is 12.0. The van der Waals surface area contributed by atoms with Crippen molar-refractivity contribution in [2.24, 2.45) is 5.92 Å². The van der Waals surface area contributed by atoms with Crippen LogP contribution in [0.4, 0.5) is 5.82 Å². The minimum atomic E-state index is 0.0780. The summed E-state index contributed by atoms with van der Waals surface area (Å²) in [5.41, 5.74) is 0.666. The van der Waals surface area contributed by atoms with Gasteiger partial charge in [0.25, 0.3) is 5.91 Å². The lowest BCUT2D eigenvalue weighted by molar-refractivity contribution is 0.0672.